The van der Waals surface area contributed by atoms with Crippen molar-refractivity contribution in [2.45, 2.75) is 37.2 Å². The van der Waals surface area contributed by atoms with Gasteiger partial charge in [0.1, 0.15) is 0 Å². The molecule has 0 aliphatic carbocycles. The number of nitro groups is 1. The summed E-state index contributed by atoms with van der Waals surface area (Å²) in [7, 11) is -4.14. The van der Waals surface area contributed by atoms with Gasteiger partial charge in [-0.3, -0.25) is 10.1 Å². The van der Waals surface area contributed by atoms with Crippen molar-refractivity contribution in [3.63, 3.8) is 0 Å². The smallest absolute Gasteiger partial charge is 0.278 e. The summed E-state index contributed by atoms with van der Waals surface area (Å²) in [6, 6.07) is 11.5. The summed E-state index contributed by atoms with van der Waals surface area (Å²) >= 11 is 1.53. The molecule has 2 aromatic carbocycles. The fourth-order valence-corrected chi connectivity index (χ4v) is 5.10. The minimum atomic E-state index is -4.14. The van der Waals surface area contributed by atoms with Crippen molar-refractivity contribution in [2.75, 3.05) is 11.0 Å². The Balaban J connectivity index is 1.88. The van der Waals surface area contributed by atoms with Crippen molar-refractivity contribution in [3.8, 4) is 0 Å². The number of thiazole rings is 1. The number of nitrogens with one attached hydrogen (secondary N) is 1. The van der Waals surface area contributed by atoms with Crippen LogP contribution in [0.5, 0.6) is 0 Å². The lowest BCUT2D eigenvalue weighted by Crippen LogP contribution is -2.43. The molecule has 0 amide bonds. The quantitative estimate of drug-likeness (QED) is 0.245. The Bertz CT molecular complexity index is 1140. The normalized spacial score (nSPS) is 12.4. The van der Waals surface area contributed by atoms with E-state index in [4.69, 9.17) is 0 Å². The average molecular weight is 477 g/mol. The van der Waals surface area contributed by atoms with Gasteiger partial charge in [-0.15, -0.1) is 11.3 Å². The molecule has 1 unspecified atom stereocenters. The molecule has 32 heavy (non-hydrogen) atoms. The fourth-order valence-electron chi connectivity index (χ4n) is 3.04. The molecule has 0 fully saturated rings. The summed E-state index contributed by atoms with van der Waals surface area (Å²) in [6.45, 7) is 2.19. The number of anilines is 1. The zero-order valence-electron chi connectivity index (χ0n) is 17.4. The van der Waals surface area contributed by atoms with Crippen molar-refractivity contribution in [1.29, 1.82) is 0 Å². The Hall–Kier alpha value is -2.86. The van der Waals surface area contributed by atoms with Gasteiger partial charge >= 0.3 is 0 Å². The van der Waals surface area contributed by atoms with E-state index in [0.717, 1.165) is 15.5 Å². The van der Waals surface area contributed by atoms with Crippen LogP contribution >= 0.6 is 11.3 Å². The SMILES string of the molecule is CCC(O)c1ccc(N(NCCCc2nccs2)S(=O)(=O)c2cccc([N+](=O)[O-])c2)cc1. The molecule has 0 saturated heterocycles. The highest BCUT2D eigenvalue weighted by molar-refractivity contribution is 7.92. The fraction of sp³-hybridized carbons (Fsp3) is 0.286. The summed E-state index contributed by atoms with van der Waals surface area (Å²) in [5.74, 6) is 0. The predicted octanol–water partition coefficient (Wildman–Crippen LogP) is 3.83. The van der Waals surface area contributed by atoms with Crippen molar-refractivity contribution < 1.29 is 18.4 Å². The highest BCUT2D eigenvalue weighted by Crippen LogP contribution is 2.26. The molecule has 1 atom stereocenters. The maximum atomic E-state index is 13.4. The van der Waals surface area contributed by atoms with E-state index in [0.29, 0.717) is 37.1 Å². The number of non-ortho nitro benzene ring substituents is 1. The zero-order chi connectivity index (χ0) is 23.1. The lowest BCUT2D eigenvalue weighted by Gasteiger charge is -2.25. The Labute approximate surface area is 190 Å². The molecule has 1 heterocycles. The van der Waals surface area contributed by atoms with E-state index in [1.807, 2.05) is 12.3 Å². The molecule has 0 spiro atoms. The Morgan fingerprint density at radius 2 is 2.00 bits per heavy atom. The number of hydrazine groups is 1. The van der Waals surface area contributed by atoms with Crippen molar-refractivity contribution in [3.05, 3.63) is 80.8 Å². The minimum absolute atomic E-state index is 0.197. The van der Waals surface area contributed by atoms with Gasteiger partial charge < -0.3 is 5.11 Å². The molecule has 0 aliphatic rings. The molecule has 3 rings (SSSR count). The Kier molecular flexibility index (Phi) is 7.91. The first kappa shape index (κ1) is 23.8. The monoisotopic (exact) mass is 476 g/mol. The van der Waals surface area contributed by atoms with Gasteiger partial charge in [0.2, 0.25) is 0 Å². The molecule has 170 valence electrons. The molecule has 0 radical (unpaired) electrons. The van der Waals surface area contributed by atoms with Gasteiger partial charge in [0.15, 0.2) is 0 Å². The molecule has 2 N–H and O–H groups in total. The first-order chi connectivity index (χ1) is 15.3. The molecular weight excluding hydrogens is 452 g/mol. The van der Waals surface area contributed by atoms with Crippen molar-refractivity contribution in [1.82, 2.24) is 10.4 Å². The second-order valence-electron chi connectivity index (χ2n) is 6.98. The van der Waals surface area contributed by atoms with E-state index >= 15 is 0 Å². The van der Waals surface area contributed by atoms with Gasteiger partial charge in [0.25, 0.3) is 15.7 Å². The third-order valence-corrected chi connectivity index (χ3v) is 7.28. The predicted molar refractivity (Wildman–Crippen MR) is 123 cm³/mol. The molecular formula is C21H24N4O5S2. The number of hydrogen-bond acceptors (Lipinski definition) is 8. The summed E-state index contributed by atoms with van der Waals surface area (Å²) in [6.07, 6.45) is 2.94. The summed E-state index contributed by atoms with van der Waals surface area (Å²) in [5.41, 5.74) is 3.63. The summed E-state index contributed by atoms with van der Waals surface area (Å²) in [5, 5.41) is 24.0. The number of sulfonamides is 1. The molecule has 1 aromatic heterocycles. The van der Waals surface area contributed by atoms with Gasteiger partial charge in [-0.2, -0.15) is 12.8 Å². The van der Waals surface area contributed by atoms with Crippen LogP contribution in [0.15, 0.2) is 65.0 Å². The standard InChI is InChI=1S/C21H24N4O5S2/c1-2-20(26)16-8-10-17(11-9-16)24(23-12-4-7-21-22-13-14-31-21)32(29,30)19-6-3-5-18(15-19)25(27)28/h3,5-6,8-11,13-15,20,23,26H,2,4,7,12H2,1H3. The van der Waals surface area contributed by atoms with Crippen LogP contribution in [-0.2, 0) is 16.4 Å². The summed E-state index contributed by atoms with van der Waals surface area (Å²) < 4.78 is 27.8. The topological polar surface area (TPSA) is 126 Å². The van der Waals surface area contributed by atoms with E-state index in [1.165, 1.54) is 29.5 Å². The highest BCUT2D eigenvalue weighted by Gasteiger charge is 2.27. The molecule has 3 aromatic rings. The van der Waals surface area contributed by atoms with Gasteiger partial charge in [0, 0.05) is 36.7 Å². The second kappa shape index (κ2) is 10.6. The Morgan fingerprint density at radius 3 is 2.62 bits per heavy atom. The number of rotatable bonds is 11. The number of aliphatic hydroxyl groups is 1. The van der Waals surface area contributed by atoms with Crippen LogP contribution in [-0.4, -0.2) is 30.0 Å². The van der Waals surface area contributed by atoms with Crippen LogP contribution in [0.4, 0.5) is 11.4 Å². The van der Waals surface area contributed by atoms with E-state index in [9.17, 15) is 23.6 Å². The molecule has 0 bridgehead atoms. The summed E-state index contributed by atoms with van der Waals surface area (Å²) in [4.78, 5) is 14.5. The van der Waals surface area contributed by atoms with Gasteiger partial charge in [-0.05, 0) is 36.6 Å². The zero-order valence-corrected chi connectivity index (χ0v) is 19.1. The van der Waals surface area contributed by atoms with E-state index in [-0.39, 0.29) is 10.6 Å². The first-order valence-electron chi connectivity index (χ1n) is 10.0. The van der Waals surface area contributed by atoms with Gasteiger partial charge in [-0.25, -0.2) is 10.4 Å². The number of nitro benzene ring substituents is 1. The van der Waals surface area contributed by atoms with Crippen LogP contribution < -0.4 is 9.84 Å². The minimum Gasteiger partial charge on any atom is -0.388 e. The number of hydrogen-bond donors (Lipinski definition) is 2. The van der Waals surface area contributed by atoms with E-state index < -0.39 is 21.1 Å². The van der Waals surface area contributed by atoms with Crippen LogP contribution in [0, 0.1) is 10.1 Å². The second-order valence-corrected chi connectivity index (χ2v) is 9.74. The molecule has 0 aliphatic heterocycles. The van der Waals surface area contributed by atoms with Crippen LogP contribution in [0.2, 0.25) is 0 Å². The van der Waals surface area contributed by atoms with Crippen LogP contribution in [0.3, 0.4) is 0 Å². The highest BCUT2D eigenvalue weighted by atomic mass is 32.2. The van der Waals surface area contributed by atoms with Crippen molar-refractivity contribution in [2.24, 2.45) is 0 Å². The van der Waals surface area contributed by atoms with Crippen molar-refractivity contribution >= 4 is 32.7 Å². The number of nitrogens with zero attached hydrogens (tertiary/aromatic N) is 3. The first-order valence-corrected chi connectivity index (χ1v) is 12.3. The average Bonchev–Trinajstić information content (AvgIpc) is 3.32. The van der Waals surface area contributed by atoms with Gasteiger partial charge in [0.05, 0.1) is 26.6 Å². The maximum Gasteiger partial charge on any atom is 0.278 e. The molecule has 9 nitrogen and oxygen atoms in total. The number of benzene rings is 2. The van der Waals surface area contributed by atoms with E-state index in [2.05, 4.69) is 10.4 Å². The largest absolute Gasteiger partial charge is 0.388 e. The van der Waals surface area contributed by atoms with E-state index in [1.54, 1.807) is 30.5 Å². The molecule has 11 heteroatoms. The number of aryl methyl sites for hydroxylation is 1. The van der Waals surface area contributed by atoms with Crippen LogP contribution in [0.1, 0.15) is 36.4 Å². The lowest BCUT2D eigenvalue weighted by atomic mass is 10.1. The lowest BCUT2D eigenvalue weighted by molar-refractivity contribution is -0.385. The number of aromatic nitrogens is 1. The number of aliphatic hydroxyl groups excluding tert-OH is 1. The van der Waals surface area contributed by atoms with Crippen LogP contribution in [0.25, 0.3) is 0 Å². The molecule has 0 saturated carbocycles. The maximum absolute atomic E-state index is 13.4. The Morgan fingerprint density at radius 1 is 1.25 bits per heavy atom. The van der Waals surface area contributed by atoms with Gasteiger partial charge in [-0.1, -0.05) is 25.1 Å². The third-order valence-electron chi connectivity index (χ3n) is 4.77. The third kappa shape index (κ3) is 5.68.